The molecule has 0 N–H and O–H groups in total. The summed E-state index contributed by atoms with van der Waals surface area (Å²) in [5.74, 6) is 0.998. The first-order chi connectivity index (χ1) is 4.81. The van der Waals surface area contributed by atoms with Gasteiger partial charge >= 0.3 is 0 Å². The molecule has 0 aliphatic heterocycles. The van der Waals surface area contributed by atoms with E-state index in [1.807, 2.05) is 17.8 Å². The smallest absolute Gasteiger partial charge is 0.0609 e. The number of hydrogen-bond acceptors (Lipinski definition) is 1. The van der Waals surface area contributed by atoms with Crippen molar-refractivity contribution < 1.29 is 0 Å². The van der Waals surface area contributed by atoms with E-state index in [1.165, 1.54) is 19.3 Å². The highest BCUT2D eigenvalue weighted by Crippen LogP contribution is 2.20. The lowest BCUT2D eigenvalue weighted by atomic mass is 10.3. The van der Waals surface area contributed by atoms with E-state index in [-0.39, 0.29) is 0 Å². The van der Waals surface area contributed by atoms with E-state index in [1.54, 1.807) is 0 Å². The number of hydrogen-bond donors (Lipinski definition) is 0. The van der Waals surface area contributed by atoms with Crippen molar-refractivity contribution in [3.8, 4) is 0 Å². The van der Waals surface area contributed by atoms with Gasteiger partial charge in [0.2, 0.25) is 0 Å². The van der Waals surface area contributed by atoms with Gasteiger partial charge in [-0.3, -0.25) is 0 Å². The van der Waals surface area contributed by atoms with Gasteiger partial charge in [-0.15, -0.1) is 18.3 Å². The van der Waals surface area contributed by atoms with Gasteiger partial charge in [0.25, 0.3) is 0 Å². The minimum absolute atomic E-state index is 0.401. The Balaban J connectivity index is 3.07. The molecule has 0 rings (SSSR count). The Hall–Kier alpha value is 0.440. The van der Waals surface area contributed by atoms with Crippen molar-refractivity contribution in [2.45, 2.75) is 30.8 Å². The van der Waals surface area contributed by atoms with Crippen molar-refractivity contribution in [3.63, 3.8) is 0 Å². The van der Waals surface area contributed by atoms with Crippen LogP contribution >= 0.6 is 24.4 Å². The minimum atomic E-state index is 0.401. The lowest BCUT2D eigenvalue weighted by molar-refractivity contribution is 0.765. The van der Waals surface area contributed by atoms with Gasteiger partial charge < -0.3 is 0 Å². The first-order valence-electron chi connectivity index (χ1n) is 3.69. The van der Waals surface area contributed by atoms with Crippen LogP contribution in [0.25, 0.3) is 0 Å². The third-order valence-corrected chi connectivity index (χ3v) is 2.87. The van der Waals surface area contributed by atoms with E-state index in [0.717, 1.165) is 5.75 Å². The van der Waals surface area contributed by atoms with Crippen LogP contribution in [0.3, 0.4) is 0 Å². The molecule has 0 aromatic heterocycles. The second kappa shape index (κ2) is 7.55. The first-order valence-corrected chi connectivity index (χ1v) is 5.21. The molecule has 0 aromatic rings. The predicted octanol–water partition coefficient (Wildman–Crippen LogP) is 3.62. The van der Waals surface area contributed by atoms with Gasteiger partial charge in [0.15, 0.2) is 0 Å². The maximum atomic E-state index is 5.18. The molecule has 0 nitrogen and oxygen atoms in total. The summed E-state index contributed by atoms with van der Waals surface area (Å²) in [5.41, 5.74) is 0. The third-order valence-electron chi connectivity index (χ3n) is 1.19. The molecule has 10 heavy (non-hydrogen) atoms. The van der Waals surface area contributed by atoms with Gasteiger partial charge in [0.05, 0.1) is 4.58 Å². The molecular weight excluding hydrogens is 160 g/mol. The first kappa shape index (κ1) is 10.4. The Morgan fingerprint density at radius 3 is 2.90 bits per heavy atom. The largest absolute Gasteiger partial charge is 0.143 e. The van der Waals surface area contributed by atoms with Crippen LogP contribution in [-0.2, 0) is 0 Å². The van der Waals surface area contributed by atoms with Gasteiger partial charge in [0.1, 0.15) is 0 Å². The second-order valence-corrected chi connectivity index (χ2v) is 4.30. The molecule has 0 amide bonds. The third kappa shape index (κ3) is 6.56. The zero-order valence-corrected chi connectivity index (χ0v) is 8.14. The standard InChI is InChI=1S/C8H15S2/c1-3-5-6-8(9)10-7-4-2/h4,8H,2-3,5-7H2,1H3. The molecule has 1 atom stereocenters. The predicted molar refractivity (Wildman–Crippen MR) is 53.6 cm³/mol. The zero-order chi connectivity index (χ0) is 7.82. The van der Waals surface area contributed by atoms with Crippen molar-refractivity contribution in [2.75, 3.05) is 5.75 Å². The molecule has 0 saturated carbocycles. The van der Waals surface area contributed by atoms with Crippen molar-refractivity contribution >= 4 is 24.4 Å². The van der Waals surface area contributed by atoms with E-state index >= 15 is 0 Å². The fourth-order valence-electron chi connectivity index (χ4n) is 0.629. The minimum Gasteiger partial charge on any atom is -0.143 e. The molecule has 0 bridgehead atoms. The van der Waals surface area contributed by atoms with Gasteiger partial charge in [-0.05, 0) is 6.42 Å². The van der Waals surface area contributed by atoms with E-state index in [0.29, 0.717) is 4.58 Å². The van der Waals surface area contributed by atoms with Crippen LogP contribution in [0.15, 0.2) is 12.7 Å². The van der Waals surface area contributed by atoms with E-state index in [4.69, 9.17) is 12.6 Å². The molecule has 0 aliphatic carbocycles. The van der Waals surface area contributed by atoms with Gasteiger partial charge in [-0.2, -0.15) is 0 Å². The molecule has 0 fully saturated rings. The summed E-state index contributed by atoms with van der Waals surface area (Å²) in [5, 5.41) is 0. The summed E-state index contributed by atoms with van der Waals surface area (Å²) in [4.78, 5) is 0. The molecule has 0 heterocycles. The molecule has 1 unspecified atom stereocenters. The summed E-state index contributed by atoms with van der Waals surface area (Å²) in [6.45, 7) is 5.84. The summed E-state index contributed by atoms with van der Waals surface area (Å²) < 4.78 is 0.401. The SMILES string of the molecule is C=CCSC([S])CCCC. The summed E-state index contributed by atoms with van der Waals surface area (Å²) in [6, 6.07) is 0. The highest BCUT2D eigenvalue weighted by Gasteiger charge is 2.00. The van der Waals surface area contributed by atoms with Crippen LogP contribution < -0.4 is 0 Å². The Morgan fingerprint density at radius 1 is 1.70 bits per heavy atom. The average molecular weight is 175 g/mol. The van der Waals surface area contributed by atoms with Crippen LogP contribution in [0, 0.1) is 0 Å². The van der Waals surface area contributed by atoms with Crippen LogP contribution in [-0.4, -0.2) is 10.3 Å². The highest BCUT2D eigenvalue weighted by molar-refractivity contribution is 8.10. The number of rotatable bonds is 6. The molecule has 0 spiro atoms. The van der Waals surface area contributed by atoms with Gasteiger partial charge in [-0.1, -0.05) is 38.5 Å². The molecule has 59 valence electrons. The number of thioether (sulfide) groups is 1. The van der Waals surface area contributed by atoms with Gasteiger partial charge in [-0.25, -0.2) is 0 Å². The number of unbranched alkanes of at least 4 members (excludes halogenated alkanes) is 1. The molecular formula is C8H15S2. The quantitative estimate of drug-likeness (QED) is 0.556. The van der Waals surface area contributed by atoms with Crippen molar-refractivity contribution in [2.24, 2.45) is 0 Å². The van der Waals surface area contributed by atoms with Crippen molar-refractivity contribution in [1.82, 2.24) is 0 Å². The van der Waals surface area contributed by atoms with Crippen LogP contribution in [0.1, 0.15) is 26.2 Å². The Kier molecular flexibility index (Phi) is 7.88. The normalized spacial score (nSPS) is 13.0. The summed E-state index contributed by atoms with van der Waals surface area (Å²) in [7, 11) is 0. The van der Waals surface area contributed by atoms with Crippen molar-refractivity contribution in [3.05, 3.63) is 12.7 Å². The van der Waals surface area contributed by atoms with E-state index in [2.05, 4.69) is 13.5 Å². The Bertz CT molecular complexity index is 81.3. The molecule has 0 saturated heterocycles. The Labute approximate surface area is 73.9 Å². The van der Waals surface area contributed by atoms with Crippen LogP contribution in [0.2, 0.25) is 0 Å². The van der Waals surface area contributed by atoms with E-state index in [9.17, 15) is 0 Å². The monoisotopic (exact) mass is 175 g/mol. The lowest BCUT2D eigenvalue weighted by Gasteiger charge is -2.05. The Morgan fingerprint density at radius 2 is 2.40 bits per heavy atom. The fraction of sp³-hybridized carbons (Fsp3) is 0.750. The topological polar surface area (TPSA) is 0 Å². The second-order valence-electron chi connectivity index (χ2n) is 2.19. The maximum Gasteiger partial charge on any atom is 0.0609 e. The molecule has 1 radical (unpaired) electrons. The van der Waals surface area contributed by atoms with Crippen LogP contribution in [0.4, 0.5) is 0 Å². The average Bonchev–Trinajstić information content (AvgIpc) is 1.97. The zero-order valence-electron chi connectivity index (χ0n) is 6.51. The van der Waals surface area contributed by atoms with Crippen molar-refractivity contribution in [1.29, 1.82) is 0 Å². The summed E-state index contributed by atoms with van der Waals surface area (Å²) in [6.07, 6.45) is 5.60. The maximum absolute atomic E-state index is 5.18. The lowest BCUT2D eigenvalue weighted by Crippen LogP contribution is -1.92. The molecule has 2 heteroatoms. The van der Waals surface area contributed by atoms with Gasteiger partial charge in [0, 0.05) is 5.75 Å². The fourth-order valence-corrected chi connectivity index (χ4v) is 1.72. The molecule has 0 aliphatic rings. The van der Waals surface area contributed by atoms with E-state index < -0.39 is 0 Å². The highest BCUT2D eigenvalue weighted by atomic mass is 32.2. The summed E-state index contributed by atoms with van der Waals surface area (Å²) >= 11 is 7.00. The van der Waals surface area contributed by atoms with Crippen LogP contribution in [0.5, 0.6) is 0 Å². The molecule has 0 aromatic carbocycles.